The molecule has 9 heteroatoms. The van der Waals surface area contributed by atoms with Gasteiger partial charge in [-0.1, -0.05) is 59.9 Å². The molecular weight excluding hydrogens is 572 g/mol. The number of amides is 1. The Balaban J connectivity index is 1.63. The molecule has 3 aromatic carbocycles. The molecule has 0 fully saturated rings. The fourth-order valence-electron chi connectivity index (χ4n) is 5.90. The Labute approximate surface area is 259 Å². The fraction of sp³-hybridized carbons (Fsp3) is 0.229. The van der Waals surface area contributed by atoms with E-state index < -0.39 is 6.04 Å². The zero-order valence-electron chi connectivity index (χ0n) is 25.4. The van der Waals surface area contributed by atoms with Crippen molar-refractivity contribution >= 4 is 34.2 Å². The first-order valence-electron chi connectivity index (χ1n) is 14.6. The molecule has 1 amide bonds. The Morgan fingerprint density at radius 1 is 1.02 bits per heavy atom. The van der Waals surface area contributed by atoms with E-state index >= 15 is 0 Å². The van der Waals surface area contributed by atoms with Gasteiger partial charge in [0.05, 0.1) is 35.7 Å². The van der Waals surface area contributed by atoms with Gasteiger partial charge in [0.2, 0.25) is 0 Å². The van der Waals surface area contributed by atoms with Gasteiger partial charge in [-0.2, -0.15) is 0 Å². The number of hydrogen-bond acceptors (Lipinski definition) is 6. The molecule has 0 radical (unpaired) electrons. The molecule has 1 atom stereocenters. The largest absolute Gasteiger partial charge is 0.497 e. The molecule has 5 aromatic rings. The number of nitrogens with zero attached hydrogens (tertiary/aromatic N) is 3. The van der Waals surface area contributed by atoms with Crippen molar-refractivity contribution in [1.29, 1.82) is 0 Å². The van der Waals surface area contributed by atoms with Gasteiger partial charge in [-0.15, -0.1) is 0 Å². The van der Waals surface area contributed by atoms with Crippen LogP contribution in [0.4, 0.5) is 0 Å². The molecular formula is C35H34N4O4S. The third-order valence-electron chi connectivity index (χ3n) is 8.12. The summed E-state index contributed by atoms with van der Waals surface area (Å²) in [5, 5.41) is 0.934. The number of nitrogens with one attached hydrogen (secondary N) is 1. The zero-order valence-corrected chi connectivity index (χ0v) is 26.2. The minimum atomic E-state index is -0.700. The van der Waals surface area contributed by atoms with Crippen molar-refractivity contribution < 1.29 is 14.3 Å². The van der Waals surface area contributed by atoms with Crippen molar-refractivity contribution in [3.63, 3.8) is 0 Å². The van der Waals surface area contributed by atoms with Crippen LogP contribution in [0.1, 0.15) is 37.9 Å². The summed E-state index contributed by atoms with van der Waals surface area (Å²) < 4.78 is 13.4. The Morgan fingerprint density at radius 2 is 1.75 bits per heavy atom. The fourth-order valence-corrected chi connectivity index (χ4v) is 6.92. The number of fused-ring (bicyclic) bond motifs is 2. The van der Waals surface area contributed by atoms with Crippen molar-refractivity contribution in [3.05, 3.63) is 115 Å². The minimum Gasteiger partial charge on any atom is -0.497 e. The number of ether oxygens (including phenoxy) is 2. The van der Waals surface area contributed by atoms with Crippen LogP contribution in [0.3, 0.4) is 0 Å². The van der Waals surface area contributed by atoms with Gasteiger partial charge >= 0.3 is 0 Å². The predicted octanol–water partition coefficient (Wildman–Crippen LogP) is 5.27. The van der Waals surface area contributed by atoms with E-state index in [0.29, 0.717) is 39.4 Å². The maximum atomic E-state index is 14.5. The monoisotopic (exact) mass is 606 g/mol. The van der Waals surface area contributed by atoms with E-state index in [1.165, 1.54) is 11.3 Å². The van der Waals surface area contributed by atoms with Crippen molar-refractivity contribution in [2.75, 3.05) is 27.3 Å². The van der Waals surface area contributed by atoms with Crippen molar-refractivity contribution in [3.8, 4) is 22.8 Å². The summed E-state index contributed by atoms with van der Waals surface area (Å²) in [6, 6.07) is 22.7. The lowest BCUT2D eigenvalue weighted by molar-refractivity contribution is -0.127. The molecule has 2 aromatic heterocycles. The highest BCUT2D eigenvalue weighted by Crippen LogP contribution is 2.36. The van der Waals surface area contributed by atoms with Gasteiger partial charge in [0.25, 0.3) is 11.5 Å². The van der Waals surface area contributed by atoms with Crippen LogP contribution in [0.15, 0.2) is 93.9 Å². The number of rotatable bonds is 8. The molecule has 0 aliphatic carbocycles. The molecule has 1 aliphatic rings. The lowest BCUT2D eigenvalue weighted by Crippen LogP contribution is -2.43. The number of para-hydroxylation sites is 1. The quantitative estimate of drug-likeness (QED) is 0.261. The average Bonchev–Trinajstić information content (AvgIpc) is 3.57. The molecule has 8 nitrogen and oxygen atoms in total. The summed E-state index contributed by atoms with van der Waals surface area (Å²) in [7, 11) is 3.24. The number of H-pyrrole nitrogens is 1. The van der Waals surface area contributed by atoms with Crippen LogP contribution in [0.2, 0.25) is 0 Å². The summed E-state index contributed by atoms with van der Waals surface area (Å²) in [6.45, 7) is 6.83. The molecule has 44 heavy (non-hydrogen) atoms. The SMILES string of the molecule is CCN(CC)C(=O)C1=C(C)N=c2s/c(=C/c3c(-c4ccccc4)[nH]c4ccc(OC)cc34)c(=O)n2[C@@H]1c1ccccc1OC. The molecule has 3 heterocycles. The predicted molar refractivity (Wildman–Crippen MR) is 175 cm³/mol. The maximum absolute atomic E-state index is 14.5. The average molecular weight is 607 g/mol. The third-order valence-corrected chi connectivity index (χ3v) is 9.10. The molecule has 0 saturated carbocycles. The van der Waals surface area contributed by atoms with Crippen molar-refractivity contribution in [1.82, 2.24) is 14.5 Å². The van der Waals surface area contributed by atoms with Crippen LogP contribution in [0.25, 0.3) is 28.2 Å². The second-order valence-corrected chi connectivity index (χ2v) is 11.5. The summed E-state index contributed by atoms with van der Waals surface area (Å²) in [5.74, 6) is 1.18. The van der Waals surface area contributed by atoms with E-state index in [1.807, 2.05) is 99.6 Å². The van der Waals surface area contributed by atoms with Gasteiger partial charge in [-0.25, -0.2) is 4.99 Å². The topological polar surface area (TPSA) is 88.9 Å². The van der Waals surface area contributed by atoms with Crippen molar-refractivity contribution in [2.45, 2.75) is 26.8 Å². The number of methoxy groups -OCH3 is 2. The number of benzene rings is 3. The molecule has 0 saturated heterocycles. The van der Waals surface area contributed by atoms with E-state index in [1.54, 1.807) is 23.7 Å². The number of thiazole rings is 1. The molecule has 0 bridgehead atoms. The van der Waals surface area contributed by atoms with Gasteiger partial charge in [0, 0.05) is 35.1 Å². The van der Waals surface area contributed by atoms with Crippen LogP contribution in [-0.4, -0.2) is 47.7 Å². The molecule has 1 N–H and O–H groups in total. The summed E-state index contributed by atoms with van der Waals surface area (Å²) in [5.41, 5.74) is 5.27. The normalized spacial score (nSPS) is 14.8. The van der Waals surface area contributed by atoms with Gasteiger partial charge in [-0.3, -0.25) is 14.2 Å². The zero-order chi connectivity index (χ0) is 31.0. The number of likely N-dealkylation sites (N-methyl/N-ethyl adjacent to an activating group) is 1. The number of allylic oxidation sites excluding steroid dienone is 1. The molecule has 6 rings (SSSR count). The number of carbonyl (C=O) groups is 1. The standard InChI is InChI=1S/C35H34N4O4S/c1-6-38(7-2)34(41)30-21(3)36-35-39(32(30)24-15-11-12-16-28(24)43-5)33(40)29(44-35)20-26-25-19-23(42-4)17-18-27(25)37-31(26)22-13-9-8-10-14-22/h8-20,32,37H,6-7H2,1-5H3/b29-20+/t32-/m1/s1. The Morgan fingerprint density at radius 3 is 2.45 bits per heavy atom. The van der Waals surface area contributed by atoms with Gasteiger partial charge < -0.3 is 19.4 Å². The number of hydrogen-bond donors (Lipinski definition) is 1. The smallest absolute Gasteiger partial charge is 0.271 e. The van der Waals surface area contributed by atoms with E-state index in [0.717, 1.165) is 39.0 Å². The molecule has 0 unspecified atom stereocenters. The maximum Gasteiger partial charge on any atom is 0.271 e. The molecule has 224 valence electrons. The van der Waals surface area contributed by atoms with Crippen LogP contribution < -0.4 is 24.4 Å². The van der Waals surface area contributed by atoms with Crippen LogP contribution in [0.5, 0.6) is 11.5 Å². The van der Waals surface area contributed by atoms with Crippen LogP contribution in [0, 0.1) is 0 Å². The highest BCUT2D eigenvalue weighted by atomic mass is 32.1. The first-order valence-corrected chi connectivity index (χ1v) is 15.4. The first kappa shape index (κ1) is 29.2. The highest BCUT2D eigenvalue weighted by molar-refractivity contribution is 7.07. The number of aromatic amines is 1. The minimum absolute atomic E-state index is 0.142. The first-order chi connectivity index (χ1) is 21.4. The Hall–Kier alpha value is -4.89. The number of carbonyl (C=O) groups excluding carboxylic acids is 1. The lowest BCUT2D eigenvalue weighted by Gasteiger charge is -2.29. The highest BCUT2D eigenvalue weighted by Gasteiger charge is 2.35. The Bertz CT molecular complexity index is 2080. The van der Waals surface area contributed by atoms with Crippen LogP contribution in [-0.2, 0) is 4.79 Å². The van der Waals surface area contributed by atoms with Gasteiger partial charge in [0.1, 0.15) is 17.5 Å². The van der Waals surface area contributed by atoms with E-state index in [2.05, 4.69) is 4.98 Å². The summed E-state index contributed by atoms with van der Waals surface area (Å²) in [4.78, 5) is 39.1. The van der Waals surface area contributed by atoms with E-state index in [9.17, 15) is 9.59 Å². The van der Waals surface area contributed by atoms with Crippen LogP contribution >= 0.6 is 11.3 Å². The molecule has 0 spiro atoms. The van der Waals surface area contributed by atoms with Gasteiger partial charge in [-0.05, 0) is 56.7 Å². The summed E-state index contributed by atoms with van der Waals surface area (Å²) in [6.07, 6.45) is 1.93. The van der Waals surface area contributed by atoms with Crippen molar-refractivity contribution in [2.24, 2.45) is 4.99 Å². The summed E-state index contributed by atoms with van der Waals surface area (Å²) >= 11 is 1.32. The lowest BCUT2D eigenvalue weighted by atomic mass is 9.94. The third kappa shape index (κ3) is 4.93. The van der Waals surface area contributed by atoms with Gasteiger partial charge in [0.15, 0.2) is 4.80 Å². The molecule has 1 aliphatic heterocycles. The Kier molecular flexibility index (Phi) is 7.97. The van der Waals surface area contributed by atoms with E-state index in [4.69, 9.17) is 14.5 Å². The number of aromatic nitrogens is 2. The second-order valence-electron chi connectivity index (χ2n) is 10.5. The van der Waals surface area contributed by atoms with E-state index in [-0.39, 0.29) is 11.5 Å². The second kappa shape index (κ2) is 12.0.